The average molecular weight is 220 g/mol. The highest BCUT2D eigenvalue weighted by molar-refractivity contribution is 4.91. The van der Waals surface area contributed by atoms with Gasteiger partial charge in [-0.25, -0.2) is 8.78 Å². The van der Waals surface area contributed by atoms with E-state index >= 15 is 0 Å². The van der Waals surface area contributed by atoms with Gasteiger partial charge in [0.2, 0.25) is 6.29 Å². The SMILES string of the molecule is CC(F)(F)C(O)OC1C=CCCCCC1. The number of hydrogen-bond acceptors (Lipinski definition) is 2. The fourth-order valence-corrected chi connectivity index (χ4v) is 1.53. The quantitative estimate of drug-likeness (QED) is 0.585. The average Bonchev–Trinajstić information content (AvgIpc) is 2.07. The molecule has 0 saturated heterocycles. The fraction of sp³-hybridized carbons (Fsp3) is 0.818. The molecule has 2 atom stereocenters. The maximum absolute atomic E-state index is 12.7. The lowest BCUT2D eigenvalue weighted by atomic mass is 10.0. The molecule has 0 spiro atoms. The van der Waals surface area contributed by atoms with E-state index in [1.54, 1.807) is 6.08 Å². The Labute approximate surface area is 88.9 Å². The van der Waals surface area contributed by atoms with Gasteiger partial charge in [-0.2, -0.15) is 0 Å². The Kier molecular flexibility index (Phi) is 4.67. The van der Waals surface area contributed by atoms with Crippen molar-refractivity contribution in [1.82, 2.24) is 0 Å². The van der Waals surface area contributed by atoms with Gasteiger partial charge in [0.1, 0.15) is 0 Å². The normalized spacial score (nSPS) is 25.7. The molecule has 15 heavy (non-hydrogen) atoms. The highest BCUT2D eigenvalue weighted by Gasteiger charge is 2.34. The van der Waals surface area contributed by atoms with Crippen LogP contribution in [0.2, 0.25) is 0 Å². The monoisotopic (exact) mass is 220 g/mol. The summed E-state index contributed by atoms with van der Waals surface area (Å²) in [7, 11) is 0. The minimum atomic E-state index is -3.20. The van der Waals surface area contributed by atoms with Gasteiger partial charge in [0.05, 0.1) is 6.10 Å². The van der Waals surface area contributed by atoms with Gasteiger partial charge < -0.3 is 9.84 Å². The van der Waals surface area contributed by atoms with Crippen molar-refractivity contribution in [2.24, 2.45) is 0 Å². The topological polar surface area (TPSA) is 29.5 Å². The Balaban J connectivity index is 2.44. The predicted octanol–water partition coefficient (Wildman–Crippen LogP) is 2.87. The molecule has 1 rings (SSSR count). The first-order valence-corrected chi connectivity index (χ1v) is 5.38. The number of halogens is 2. The molecule has 1 N–H and O–H groups in total. The van der Waals surface area contributed by atoms with Crippen LogP contribution in [0.25, 0.3) is 0 Å². The smallest absolute Gasteiger partial charge is 0.295 e. The van der Waals surface area contributed by atoms with Gasteiger partial charge in [0.15, 0.2) is 0 Å². The Morgan fingerprint density at radius 2 is 2.13 bits per heavy atom. The van der Waals surface area contributed by atoms with Crippen LogP contribution >= 0.6 is 0 Å². The summed E-state index contributed by atoms with van der Waals surface area (Å²) in [6.07, 6.45) is 6.15. The van der Waals surface area contributed by atoms with Gasteiger partial charge in [-0.3, -0.25) is 0 Å². The summed E-state index contributed by atoms with van der Waals surface area (Å²) in [6, 6.07) is 0. The minimum Gasteiger partial charge on any atom is -0.363 e. The Hall–Kier alpha value is -0.480. The highest BCUT2D eigenvalue weighted by atomic mass is 19.3. The molecule has 0 radical (unpaired) electrons. The second-order valence-electron chi connectivity index (χ2n) is 4.05. The number of ether oxygens (including phenoxy) is 1. The van der Waals surface area contributed by atoms with E-state index in [0.29, 0.717) is 13.3 Å². The van der Waals surface area contributed by atoms with Crippen molar-refractivity contribution < 1.29 is 18.6 Å². The Morgan fingerprint density at radius 1 is 1.40 bits per heavy atom. The summed E-state index contributed by atoms with van der Waals surface area (Å²) >= 11 is 0. The summed E-state index contributed by atoms with van der Waals surface area (Å²) in [5.41, 5.74) is 0. The van der Waals surface area contributed by atoms with E-state index in [2.05, 4.69) is 0 Å². The molecule has 4 heteroatoms. The predicted molar refractivity (Wildman–Crippen MR) is 53.7 cm³/mol. The van der Waals surface area contributed by atoms with E-state index in [1.807, 2.05) is 6.08 Å². The van der Waals surface area contributed by atoms with Crippen molar-refractivity contribution in [3.63, 3.8) is 0 Å². The second kappa shape index (κ2) is 5.56. The summed E-state index contributed by atoms with van der Waals surface area (Å²) < 4.78 is 30.2. The van der Waals surface area contributed by atoms with Crippen LogP contribution in [0, 0.1) is 0 Å². The molecule has 0 aromatic rings. The zero-order chi connectivity index (χ0) is 11.3. The van der Waals surface area contributed by atoms with Crippen molar-refractivity contribution in [3.8, 4) is 0 Å². The molecule has 0 aromatic heterocycles. The summed E-state index contributed by atoms with van der Waals surface area (Å²) in [5, 5.41) is 9.09. The van der Waals surface area contributed by atoms with Crippen LogP contribution in [0.3, 0.4) is 0 Å². The van der Waals surface area contributed by atoms with Crippen LogP contribution < -0.4 is 0 Å². The van der Waals surface area contributed by atoms with E-state index in [9.17, 15) is 8.78 Å². The van der Waals surface area contributed by atoms with Crippen molar-refractivity contribution >= 4 is 0 Å². The molecule has 0 bridgehead atoms. The third kappa shape index (κ3) is 4.71. The van der Waals surface area contributed by atoms with Crippen molar-refractivity contribution in [2.75, 3.05) is 0 Å². The zero-order valence-corrected chi connectivity index (χ0v) is 8.96. The molecule has 0 fully saturated rings. The van der Waals surface area contributed by atoms with Crippen molar-refractivity contribution in [3.05, 3.63) is 12.2 Å². The maximum Gasteiger partial charge on any atom is 0.295 e. The second-order valence-corrected chi connectivity index (χ2v) is 4.05. The van der Waals surface area contributed by atoms with Crippen LogP contribution in [-0.4, -0.2) is 23.4 Å². The van der Waals surface area contributed by atoms with Gasteiger partial charge in [-0.1, -0.05) is 25.0 Å². The van der Waals surface area contributed by atoms with Gasteiger partial charge in [0, 0.05) is 6.92 Å². The largest absolute Gasteiger partial charge is 0.363 e. The first-order valence-electron chi connectivity index (χ1n) is 5.38. The first kappa shape index (κ1) is 12.6. The molecule has 0 aliphatic heterocycles. The minimum absolute atomic E-state index is 0.383. The molecule has 2 unspecified atom stereocenters. The summed E-state index contributed by atoms with van der Waals surface area (Å²) in [5.74, 6) is -3.20. The molecule has 0 amide bonds. The molecule has 0 aromatic carbocycles. The molecule has 1 aliphatic carbocycles. The van der Waals surface area contributed by atoms with Crippen LogP contribution in [0.4, 0.5) is 8.78 Å². The lowest BCUT2D eigenvalue weighted by Crippen LogP contribution is -2.35. The van der Waals surface area contributed by atoms with Gasteiger partial charge in [-0.15, -0.1) is 0 Å². The van der Waals surface area contributed by atoms with Crippen LogP contribution in [0.5, 0.6) is 0 Å². The number of rotatable bonds is 3. The molecule has 88 valence electrons. The number of aliphatic hydroxyl groups is 1. The van der Waals surface area contributed by atoms with E-state index in [0.717, 1.165) is 25.7 Å². The third-order valence-corrected chi connectivity index (χ3v) is 2.45. The lowest BCUT2D eigenvalue weighted by Gasteiger charge is -2.23. The molecule has 0 heterocycles. The van der Waals surface area contributed by atoms with E-state index in [-0.39, 0.29) is 6.10 Å². The number of alkyl halides is 2. The van der Waals surface area contributed by atoms with E-state index in [1.165, 1.54) is 0 Å². The van der Waals surface area contributed by atoms with Crippen LogP contribution in [0.1, 0.15) is 39.0 Å². The number of allylic oxidation sites excluding steroid dienone is 1. The van der Waals surface area contributed by atoms with Crippen LogP contribution in [-0.2, 0) is 4.74 Å². The van der Waals surface area contributed by atoms with E-state index in [4.69, 9.17) is 9.84 Å². The molecule has 0 saturated carbocycles. The molecule has 2 nitrogen and oxygen atoms in total. The number of aliphatic hydroxyl groups excluding tert-OH is 1. The first-order chi connectivity index (χ1) is 7.00. The Morgan fingerprint density at radius 3 is 2.80 bits per heavy atom. The standard InChI is InChI=1S/C11H18F2O2/c1-11(12,13)10(14)15-9-7-5-3-2-4-6-8-9/h5,7,9-10,14H,2-4,6,8H2,1H3. The van der Waals surface area contributed by atoms with Crippen LogP contribution in [0.15, 0.2) is 12.2 Å². The van der Waals surface area contributed by atoms with Crippen molar-refractivity contribution in [2.45, 2.75) is 57.3 Å². The van der Waals surface area contributed by atoms with Gasteiger partial charge >= 0.3 is 0 Å². The van der Waals surface area contributed by atoms with Gasteiger partial charge in [0.25, 0.3) is 5.92 Å². The Bertz CT molecular complexity index is 211. The summed E-state index contributed by atoms with van der Waals surface area (Å²) in [6.45, 7) is 0.657. The number of hydrogen-bond donors (Lipinski definition) is 1. The fourth-order valence-electron chi connectivity index (χ4n) is 1.53. The zero-order valence-electron chi connectivity index (χ0n) is 8.96. The summed E-state index contributed by atoms with van der Waals surface area (Å²) in [4.78, 5) is 0. The molecule has 1 aliphatic rings. The van der Waals surface area contributed by atoms with E-state index < -0.39 is 12.2 Å². The lowest BCUT2D eigenvalue weighted by molar-refractivity contribution is -0.238. The molecular weight excluding hydrogens is 202 g/mol. The van der Waals surface area contributed by atoms with Gasteiger partial charge in [-0.05, 0) is 19.3 Å². The van der Waals surface area contributed by atoms with Crippen molar-refractivity contribution in [1.29, 1.82) is 0 Å². The third-order valence-electron chi connectivity index (χ3n) is 2.45. The highest BCUT2D eigenvalue weighted by Crippen LogP contribution is 2.22. The molecular formula is C11H18F2O2. The maximum atomic E-state index is 12.7.